The normalized spacial score (nSPS) is 26.1. The van der Waals surface area contributed by atoms with E-state index in [1.807, 2.05) is 37.5 Å². The number of nitrogens with zero attached hydrogens (tertiary/aromatic N) is 3. The molecule has 0 N–H and O–H groups in total. The summed E-state index contributed by atoms with van der Waals surface area (Å²) in [5.74, 6) is 0.910. The van der Waals surface area contributed by atoms with Crippen LogP contribution >= 0.6 is 0 Å². The van der Waals surface area contributed by atoms with E-state index in [9.17, 15) is 9.59 Å². The number of benzene rings is 2. The zero-order valence-electron chi connectivity index (χ0n) is 22.9. The number of likely N-dealkylation sites (tertiary alicyclic amines) is 1. The van der Waals surface area contributed by atoms with Crippen LogP contribution in [0, 0.1) is 12.3 Å². The molecule has 1 saturated heterocycles. The fourth-order valence-electron chi connectivity index (χ4n) is 7.95. The molecule has 2 aromatic carbocycles. The first-order chi connectivity index (χ1) is 19.0. The zero-order chi connectivity index (χ0) is 26.6. The number of rotatable bonds is 3. The van der Waals surface area contributed by atoms with Crippen LogP contribution in [0.1, 0.15) is 105 Å². The summed E-state index contributed by atoms with van der Waals surface area (Å²) < 4.78 is 0. The minimum atomic E-state index is 0.0363. The molecule has 0 radical (unpaired) electrons. The summed E-state index contributed by atoms with van der Waals surface area (Å²) in [5, 5.41) is 0. The largest absolute Gasteiger partial charge is 0.338 e. The van der Waals surface area contributed by atoms with Crippen molar-refractivity contribution in [2.75, 3.05) is 13.1 Å². The quantitative estimate of drug-likeness (QED) is 0.391. The second-order valence-corrected chi connectivity index (χ2v) is 12.4. The molecule has 200 valence electrons. The maximum Gasteiger partial charge on any atom is 0.255 e. The molecule has 1 aromatic heterocycles. The SMILES string of the molecule is Cc1cccc2c1C(=O)N([C@@H]1CCCc3ccc(C(=O)N4CCC5(CCC(c6ccncc6)CC5)C4)cc31)C2. The van der Waals surface area contributed by atoms with Crippen molar-refractivity contribution in [3.05, 3.63) is 99.9 Å². The summed E-state index contributed by atoms with van der Waals surface area (Å²) in [6.07, 6.45) is 12.7. The fourth-order valence-corrected chi connectivity index (χ4v) is 7.95. The molecule has 1 spiro atoms. The third kappa shape index (κ3) is 4.27. The lowest BCUT2D eigenvalue weighted by atomic mass is 9.68. The summed E-state index contributed by atoms with van der Waals surface area (Å²) in [6, 6.07) is 16.8. The smallest absolute Gasteiger partial charge is 0.255 e. The highest BCUT2D eigenvalue weighted by Crippen LogP contribution is 2.48. The van der Waals surface area contributed by atoms with Gasteiger partial charge in [-0.05, 0) is 122 Å². The lowest BCUT2D eigenvalue weighted by Crippen LogP contribution is -2.35. The third-order valence-corrected chi connectivity index (χ3v) is 10.2. The van der Waals surface area contributed by atoms with E-state index in [-0.39, 0.29) is 23.3 Å². The van der Waals surface area contributed by atoms with Crippen molar-refractivity contribution in [1.29, 1.82) is 0 Å². The minimum Gasteiger partial charge on any atom is -0.338 e. The molecule has 4 aliphatic rings. The summed E-state index contributed by atoms with van der Waals surface area (Å²) >= 11 is 0. The Labute approximate surface area is 231 Å². The average Bonchev–Trinajstić information content (AvgIpc) is 3.54. The van der Waals surface area contributed by atoms with E-state index in [2.05, 4.69) is 45.1 Å². The van der Waals surface area contributed by atoms with Crippen LogP contribution in [-0.2, 0) is 13.0 Å². The van der Waals surface area contributed by atoms with Gasteiger partial charge in [-0.3, -0.25) is 14.6 Å². The molecule has 2 amide bonds. The lowest BCUT2D eigenvalue weighted by molar-refractivity contribution is 0.0682. The van der Waals surface area contributed by atoms with E-state index in [1.165, 1.54) is 42.4 Å². The molecule has 5 nitrogen and oxygen atoms in total. The van der Waals surface area contributed by atoms with Crippen molar-refractivity contribution < 1.29 is 9.59 Å². The molecule has 7 rings (SSSR count). The minimum absolute atomic E-state index is 0.0363. The number of aryl methyl sites for hydroxylation is 2. The number of carbonyl (C=O) groups is 2. The maximum atomic E-state index is 13.8. The molecule has 3 aromatic rings. The van der Waals surface area contributed by atoms with E-state index in [0.29, 0.717) is 12.5 Å². The Morgan fingerprint density at radius 3 is 2.59 bits per heavy atom. The summed E-state index contributed by atoms with van der Waals surface area (Å²) in [4.78, 5) is 35.6. The van der Waals surface area contributed by atoms with Crippen molar-refractivity contribution in [2.45, 2.75) is 76.8 Å². The average molecular weight is 520 g/mol. The highest BCUT2D eigenvalue weighted by molar-refractivity contribution is 6.00. The van der Waals surface area contributed by atoms with Crippen LogP contribution < -0.4 is 0 Å². The molecule has 1 saturated carbocycles. The van der Waals surface area contributed by atoms with Crippen molar-refractivity contribution in [2.24, 2.45) is 5.41 Å². The van der Waals surface area contributed by atoms with Crippen molar-refractivity contribution in [1.82, 2.24) is 14.8 Å². The van der Waals surface area contributed by atoms with Crippen LogP contribution in [0.3, 0.4) is 0 Å². The van der Waals surface area contributed by atoms with E-state index in [4.69, 9.17) is 0 Å². The van der Waals surface area contributed by atoms with Crippen molar-refractivity contribution in [3.8, 4) is 0 Å². The molecule has 2 aliphatic carbocycles. The van der Waals surface area contributed by atoms with Gasteiger partial charge in [-0.25, -0.2) is 0 Å². The number of amides is 2. The molecule has 0 unspecified atom stereocenters. The Kier molecular flexibility index (Phi) is 6.06. The van der Waals surface area contributed by atoms with Crippen LogP contribution in [0.15, 0.2) is 60.9 Å². The topological polar surface area (TPSA) is 53.5 Å². The van der Waals surface area contributed by atoms with E-state index in [1.54, 1.807) is 0 Å². The molecule has 0 bridgehead atoms. The van der Waals surface area contributed by atoms with Gasteiger partial charge in [0.05, 0.1) is 6.04 Å². The van der Waals surface area contributed by atoms with Gasteiger partial charge in [-0.1, -0.05) is 24.3 Å². The number of fused-ring (bicyclic) bond motifs is 2. The maximum absolute atomic E-state index is 13.8. The van der Waals surface area contributed by atoms with Crippen LogP contribution in [0.2, 0.25) is 0 Å². The Bertz CT molecular complexity index is 1420. The van der Waals surface area contributed by atoms with Crippen LogP contribution in [0.5, 0.6) is 0 Å². The molecule has 5 heteroatoms. The first-order valence-electron chi connectivity index (χ1n) is 14.7. The summed E-state index contributed by atoms with van der Waals surface area (Å²) in [7, 11) is 0. The second kappa shape index (κ2) is 9.62. The number of hydrogen-bond acceptors (Lipinski definition) is 3. The number of pyridine rings is 1. The molecule has 39 heavy (non-hydrogen) atoms. The van der Waals surface area contributed by atoms with E-state index < -0.39 is 0 Å². The zero-order valence-corrected chi connectivity index (χ0v) is 22.9. The van der Waals surface area contributed by atoms with Gasteiger partial charge >= 0.3 is 0 Å². The first-order valence-corrected chi connectivity index (χ1v) is 14.7. The van der Waals surface area contributed by atoms with Crippen LogP contribution in [0.4, 0.5) is 0 Å². The van der Waals surface area contributed by atoms with Crippen molar-refractivity contribution in [3.63, 3.8) is 0 Å². The molecular weight excluding hydrogens is 482 g/mol. The van der Waals surface area contributed by atoms with E-state index in [0.717, 1.165) is 61.0 Å². The monoisotopic (exact) mass is 519 g/mol. The number of aromatic nitrogens is 1. The van der Waals surface area contributed by atoms with Gasteiger partial charge in [0.2, 0.25) is 0 Å². The Balaban J connectivity index is 1.07. The fraction of sp³-hybridized carbons (Fsp3) is 0.441. The van der Waals surface area contributed by atoms with Gasteiger partial charge < -0.3 is 9.80 Å². The Morgan fingerprint density at radius 2 is 1.79 bits per heavy atom. The van der Waals surface area contributed by atoms with Gasteiger partial charge in [-0.2, -0.15) is 0 Å². The third-order valence-electron chi connectivity index (χ3n) is 10.2. The van der Waals surface area contributed by atoms with Gasteiger partial charge in [0.15, 0.2) is 0 Å². The highest BCUT2D eigenvalue weighted by Gasteiger charge is 2.43. The molecule has 2 fully saturated rings. The predicted molar refractivity (Wildman–Crippen MR) is 152 cm³/mol. The van der Waals surface area contributed by atoms with Crippen LogP contribution in [0.25, 0.3) is 0 Å². The Morgan fingerprint density at radius 1 is 0.974 bits per heavy atom. The van der Waals surface area contributed by atoms with Gasteiger partial charge in [-0.15, -0.1) is 0 Å². The highest BCUT2D eigenvalue weighted by atomic mass is 16.2. The molecule has 1 atom stereocenters. The predicted octanol–water partition coefficient (Wildman–Crippen LogP) is 6.61. The van der Waals surface area contributed by atoms with Crippen molar-refractivity contribution >= 4 is 11.8 Å². The summed E-state index contributed by atoms with van der Waals surface area (Å²) in [6.45, 7) is 4.40. The van der Waals surface area contributed by atoms with Gasteiger partial charge in [0, 0.05) is 43.2 Å². The first kappa shape index (κ1) is 24.6. The number of hydrogen-bond donors (Lipinski definition) is 0. The lowest BCUT2D eigenvalue weighted by Gasteiger charge is -2.37. The molecule has 2 aliphatic heterocycles. The second-order valence-electron chi connectivity index (χ2n) is 12.4. The summed E-state index contributed by atoms with van der Waals surface area (Å²) in [5.41, 5.74) is 7.97. The molecule has 3 heterocycles. The van der Waals surface area contributed by atoms with Gasteiger partial charge in [0.1, 0.15) is 0 Å². The van der Waals surface area contributed by atoms with Gasteiger partial charge in [0.25, 0.3) is 11.8 Å². The number of carbonyl (C=O) groups excluding carboxylic acids is 2. The van der Waals surface area contributed by atoms with E-state index >= 15 is 0 Å². The van der Waals surface area contributed by atoms with Crippen LogP contribution in [-0.4, -0.2) is 39.7 Å². The standard InChI is InChI=1S/C34H37N3O2/c1-23-4-2-6-28-21-37(33(39)31(23)28)30-7-3-5-26-8-9-27(20-29(26)30)32(38)36-19-16-34(22-36)14-10-24(11-15-34)25-12-17-35-18-13-25/h2,4,6,8-9,12-13,17-18,20,24,30H,3,5,7,10-11,14-16,19,21-22H2,1H3/t24?,30-,34?/m1/s1. The molecular formula is C34H37N3O2. The Hall–Kier alpha value is -3.47.